The van der Waals surface area contributed by atoms with Gasteiger partial charge in [0.15, 0.2) is 0 Å². The minimum absolute atomic E-state index is 0.0418. The van der Waals surface area contributed by atoms with E-state index in [0.29, 0.717) is 18.6 Å². The number of Topliss-reactive ketones (excluding diaryl/α,β-unsaturated/α-hetero) is 1. The molecule has 0 spiro atoms. The van der Waals surface area contributed by atoms with Crippen molar-refractivity contribution in [3.63, 3.8) is 0 Å². The highest BCUT2D eigenvalue weighted by Crippen LogP contribution is 2.39. The van der Waals surface area contributed by atoms with Gasteiger partial charge in [-0.3, -0.25) is 9.59 Å². The van der Waals surface area contributed by atoms with Crippen LogP contribution in [0.15, 0.2) is 24.3 Å². The first-order chi connectivity index (χ1) is 8.13. The Bertz CT molecular complexity index is 451. The number of fused-ring (bicyclic) bond motifs is 1. The lowest BCUT2D eigenvalue weighted by molar-refractivity contribution is -0.140. The predicted octanol–water partition coefficient (Wildman–Crippen LogP) is 2.69. The zero-order valence-corrected chi connectivity index (χ0v) is 10.1. The van der Waals surface area contributed by atoms with Crippen molar-refractivity contribution in [3.8, 4) is 5.75 Å². The number of ketones is 1. The Labute approximate surface area is 101 Å². The summed E-state index contributed by atoms with van der Waals surface area (Å²) in [5.74, 6) is 0.258. The van der Waals surface area contributed by atoms with E-state index >= 15 is 0 Å². The summed E-state index contributed by atoms with van der Waals surface area (Å²) >= 11 is 0. The van der Waals surface area contributed by atoms with E-state index in [1.54, 1.807) is 6.07 Å². The molecule has 0 aliphatic carbocycles. The number of hydrogen-bond donors (Lipinski definition) is 0. The lowest BCUT2D eigenvalue weighted by atomic mass is 9.81. The average Bonchev–Trinajstić information content (AvgIpc) is 2.34. The molecular weight excluding hydrogens is 216 g/mol. The minimum Gasteiger partial charge on any atom is -0.426 e. The fourth-order valence-corrected chi connectivity index (χ4v) is 2.19. The van der Waals surface area contributed by atoms with Gasteiger partial charge in [-0.15, -0.1) is 0 Å². The van der Waals surface area contributed by atoms with Gasteiger partial charge >= 0.3 is 5.97 Å². The summed E-state index contributed by atoms with van der Waals surface area (Å²) in [6.45, 7) is 3.67. The molecule has 0 aromatic heterocycles. The zero-order valence-electron chi connectivity index (χ0n) is 10.1. The van der Waals surface area contributed by atoms with Crippen LogP contribution in [0.2, 0.25) is 0 Å². The SMILES string of the molecule is CCC(=O)CC1c2ccccc2OC(=O)C1C. The van der Waals surface area contributed by atoms with Crippen molar-refractivity contribution in [3.05, 3.63) is 29.8 Å². The third kappa shape index (κ3) is 2.23. The highest BCUT2D eigenvalue weighted by atomic mass is 16.5. The third-order valence-electron chi connectivity index (χ3n) is 3.35. The summed E-state index contributed by atoms with van der Waals surface area (Å²) in [5.41, 5.74) is 0.974. The predicted molar refractivity (Wildman–Crippen MR) is 63.9 cm³/mol. The average molecular weight is 232 g/mol. The number of ether oxygens (including phenoxy) is 1. The van der Waals surface area contributed by atoms with Gasteiger partial charge in [0.05, 0.1) is 5.92 Å². The van der Waals surface area contributed by atoms with Crippen molar-refractivity contribution >= 4 is 11.8 Å². The highest BCUT2D eigenvalue weighted by molar-refractivity contribution is 5.83. The molecule has 3 nitrogen and oxygen atoms in total. The topological polar surface area (TPSA) is 43.4 Å². The summed E-state index contributed by atoms with van der Waals surface area (Å²) in [6.07, 6.45) is 0.935. The first-order valence-electron chi connectivity index (χ1n) is 5.95. The van der Waals surface area contributed by atoms with Crippen molar-refractivity contribution in [1.82, 2.24) is 0 Å². The second-order valence-corrected chi connectivity index (χ2v) is 4.45. The van der Waals surface area contributed by atoms with Crippen LogP contribution in [0.1, 0.15) is 38.2 Å². The first-order valence-corrected chi connectivity index (χ1v) is 5.95. The standard InChI is InChI=1S/C14H16O3/c1-3-10(15)8-12-9(2)14(16)17-13-7-5-4-6-11(12)13/h4-7,9,12H,3,8H2,1-2H3. The molecule has 2 unspecified atom stereocenters. The summed E-state index contributed by atoms with van der Waals surface area (Å²) in [4.78, 5) is 23.3. The smallest absolute Gasteiger partial charge is 0.314 e. The Morgan fingerprint density at radius 3 is 2.76 bits per heavy atom. The van der Waals surface area contributed by atoms with E-state index in [1.807, 2.05) is 32.0 Å². The van der Waals surface area contributed by atoms with E-state index < -0.39 is 0 Å². The molecule has 1 aliphatic heterocycles. The Morgan fingerprint density at radius 2 is 2.06 bits per heavy atom. The van der Waals surface area contributed by atoms with Crippen molar-refractivity contribution in [1.29, 1.82) is 0 Å². The monoisotopic (exact) mass is 232 g/mol. The summed E-state index contributed by atoms with van der Waals surface area (Å²) in [5, 5.41) is 0. The van der Waals surface area contributed by atoms with Crippen molar-refractivity contribution in [2.75, 3.05) is 0 Å². The fraction of sp³-hybridized carbons (Fsp3) is 0.429. The zero-order chi connectivity index (χ0) is 12.4. The maximum absolute atomic E-state index is 11.7. The Hall–Kier alpha value is -1.64. The van der Waals surface area contributed by atoms with Crippen molar-refractivity contribution < 1.29 is 14.3 Å². The lowest BCUT2D eigenvalue weighted by Crippen LogP contribution is -2.30. The number of carbonyl (C=O) groups is 2. The van der Waals surface area contributed by atoms with Crippen LogP contribution in [0.3, 0.4) is 0 Å². The van der Waals surface area contributed by atoms with Crippen LogP contribution in [0.4, 0.5) is 0 Å². The largest absolute Gasteiger partial charge is 0.426 e. The third-order valence-corrected chi connectivity index (χ3v) is 3.35. The molecule has 2 rings (SSSR count). The van der Waals surface area contributed by atoms with Gasteiger partial charge in [0.1, 0.15) is 11.5 Å². The van der Waals surface area contributed by atoms with E-state index in [4.69, 9.17) is 4.74 Å². The van der Waals surface area contributed by atoms with E-state index in [0.717, 1.165) is 5.56 Å². The van der Waals surface area contributed by atoms with Gasteiger partial charge < -0.3 is 4.74 Å². The van der Waals surface area contributed by atoms with Gasteiger partial charge in [-0.05, 0) is 11.6 Å². The van der Waals surface area contributed by atoms with Gasteiger partial charge in [0.2, 0.25) is 0 Å². The van der Waals surface area contributed by atoms with E-state index in [9.17, 15) is 9.59 Å². The van der Waals surface area contributed by atoms with Crippen molar-refractivity contribution in [2.45, 2.75) is 32.6 Å². The number of rotatable bonds is 3. The molecule has 0 fully saturated rings. The quantitative estimate of drug-likeness (QED) is 0.594. The van der Waals surface area contributed by atoms with Gasteiger partial charge in [-0.2, -0.15) is 0 Å². The number of esters is 1. The molecule has 1 heterocycles. The molecule has 17 heavy (non-hydrogen) atoms. The Balaban J connectivity index is 2.35. The minimum atomic E-state index is -0.250. The van der Waals surface area contributed by atoms with Crippen LogP contribution in [-0.2, 0) is 9.59 Å². The summed E-state index contributed by atoms with van der Waals surface area (Å²) < 4.78 is 5.24. The summed E-state index contributed by atoms with van der Waals surface area (Å²) in [6, 6.07) is 7.46. The first kappa shape index (κ1) is 11.8. The molecule has 1 aromatic carbocycles. The molecule has 90 valence electrons. The molecule has 0 N–H and O–H groups in total. The molecule has 1 aromatic rings. The van der Waals surface area contributed by atoms with Gasteiger partial charge in [-0.1, -0.05) is 32.0 Å². The van der Waals surface area contributed by atoms with Crippen LogP contribution in [0, 0.1) is 5.92 Å². The molecule has 0 bridgehead atoms. The molecule has 0 saturated carbocycles. The van der Waals surface area contributed by atoms with Crippen LogP contribution in [0.25, 0.3) is 0 Å². The molecule has 0 radical (unpaired) electrons. The molecular formula is C14H16O3. The lowest BCUT2D eigenvalue weighted by Gasteiger charge is -2.29. The van der Waals surface area contributed by atoms with E-state index in [2.05, 4.69) is 0 Å². The Kier molecular flexibility index (Phi) is 3.27. The summed E-state index contributed by atoms with van der Waals surface area (Å²) in [7, 11) is 0. The maximum Gasteiger partial charge on any atom is 0.314 e. The van der Waals surface area contributed by atoms with Gasteiger partial charge in [-0.25, -0.2) is 0 Å². The van der Waals surface area contributed by atoms with Crippen LogP contribution < -0.4 is 4.74 Å². The van der Waals surface area contributed by atoms with Gasteiger partial charge in [0, 0.05) is 18.8 Å². The van der Waals surface area contributed by atoms with Gasteiger partial charge in [0.25, 0.3) is 0 Å². The molecule has 2 atom stereocenters. The fourth-order valence-electron chi connectivity index (χ4n) is 2.19. The molecule has 0 amide bonds. The second-order valence-electron chi connectivity index (χ2n) is 4.45. The Morgan fingerprint density at radius 1 is 1.35 bits per heavy atom. The molecule has 1 aliphatic rings. The van der Waals surface area contributed by atoms with Crippen LogP contribution in [-0.4, -0.2) is 11.8 Å². The second kappa shape index (κ2) is 4.70. The number of benzene rings is 1. The van der Waals surface area contributed by atoms with Crippen molar-refractivity contribution in [2.24, 2.45) is 5.92 Å². The van der Waals surface area contributed by atoms with Crippen LogP contribution >= 0.6 is 0 Å². The maximum atomic E-state index is 11.7. The van der Waals surface area contributed by atoms with E-state index in [1.165, 1.54) is 0 Å². The number of carbonyl (C=O) groups excluding carboxylic acids is 2. The molecule has 3 heteroatoms. The normalized spacial score (nSPS) is 22.8. The van der Waals surface area contributed by atoms with E-state index in [-0.39, 0.29) is 23.6 Å². The number of hydrogen-bond acceptors (Lipinski definition) is 3. The molecule has 0 saturated heterocycles. The van der Waals surface area contributed by atoms with Crippen LogP contribution in [0.5, 0.6) is 5.75 Å². The highest BCUT2D eigenvalue weighted by Gasteiger charge is 2.35. The number of para-hydroxylation sites is 1.